The Bertz CT molecular complexity index is 860. The number of benzene rings is 2. The number of nitrogens with one attached hydrogen (secondary N) is 1. The molecule has 0 atom stereocenters. The molecule has 0 fully saturated rings. The molecule has 132 valence electrons. The molecule has 2 aromatic rings. The van der Waals surface area contributed by atoms with E-state index in [1.807, 2.05) is 30.3 Å². The first-order chi connectivity index (χ1) is 12.0. The lowest BCUT2D eigenvalue weighted by Gasteiger charge is -2.28. The van der Waals surface area contributed by atoms with Crippen molar-refractivity contribution in [3.63, 3.8) is 0 Å². The van der Waals surface area contributed by atoms with Gasteiger partial charge in [0.2, 0.25) is 15.9 Å². The minimum atomic E-state index is -3.49. The Kier molecular flexibility index (Phi) is 5.20. The normalized spacial score (nSPS) is 14.8. The van der Waals surface area contributed by atoms with Gasteiger partial charge in [-0.25, -0.2) is 8.42 Å². The van der Waals surface area contributed by atoms with E-state index < -0.39 is 10.0 Å². The highest BCUT2D eigenvalue weighted by molar-refractivity contribution is 7.89. The third-order valence-electron chi connectivity index (χ3n) is 4.44. The van der Waals surface area contributed by atoms with Crippen molar-refractivity contribution >= 4 is 15.9 Å². The summed E-state index contributed by atoms with van der Waals surface area (Å²) in [5, 5.41) is 2.73. The third kappa shape index (κ3) is 4.08. The lowest BCUT2D eigenvalue weighted by molar-refractivity contribution is -0.118. The van der Waals surface area contributed by atoms with E-state index in [-0.39, 0.29) is 5.91 Å². The van der Waals surface area contributed by atoms with Crippen molar-refractivity contribution in [3.8, 4) is 0 Å². The molecular weight excluding hydrogens is 336 g/mol. The molecule has 1 N–H and O–H groups in total. The summed E-state index contributed by atoms with van der Waals surface area (Å²) in [7, 11) is -3.49. The van der Waals surface area contributed by atoms with Crippen molar-refractivity contribution in [2.24, 2.45) is 0 Å². The molecule has 0 saturated heterocycles. The van der Waals surface area contributed by atoms with Gasteiger partial charge >= 0.3 is 0 Å². The van der Waals surface area contributed by atoms with Crippen molar-refractivity contribution in [3.05, 3.63) is 65.2 Å². The number of hydrogen-bond donors (Lipinski definition) is 1. The maximum Gasteiger partial charge on any atom is 0.243 e. The molecular formula is C19H22N2O3S. The number of hydrogen-bond acceptors (Lipinski definition) is 3. The van der Waals surface area contributed by atoms with Gasteiger partial charge in [-0.15, -0.1) is 0 Å². The molecule has 0 spiro atoms. The topological polar surface area (TPSA) is 66.5 Å². The lowest BCUT2D eigenvalue weighted by atomic mass is 10.0. The van der Waals surface area contributed by atoms with Crippen LogP contribution in [0, 0.1) is 0 Å². The first-order valence-corrected chi connectivity index (χ1v) is 9.81. The van der Waals surface area contributed by atoms with Crippen LogP contribution in [0.5, 0.6) is 0 Å². The number of sulfonamides is 1. The minimum Gasteiger partial charge on any atom is -0.356 e. The minimum absolute atomic E-state index is 0.0652. The number of fused-ring (bicyclic) bond motifs is 1. The second-order valence-electron chi connectivity index (χ2n) is 6.23. The third-order valence-corrected chi connectivity index (χ3v) is 6.30. The smallest absolute Gasteiger partial charge is 0.243 e. The van der Waals surface area contributed by atoms with Crippen LogP contribution in [0.15, 0.2) is 53.4 Å². The molecule has 0 radical (unpaired) electrons. The van der Waals surface area contributed by atoms with E-state index in [1.165, 1.54) is 12.5 Å². The summed E-state index contributed by atoms with van der Waals surface area (Å²) in [5.41, 5.74) is 3.29. The number of carbonyl (C=O) groups excluding carboxylic acids is 1. The molecule has 1 amide bonds. The predicted molar refractivity (Wildman–Crippen MR) is 96.6 cm³/mol. The SMILES string of the molecule is CC(=O)NCCc1ccc(S(=O)(=O)N2CCc3ccccc3C2)cc1. The van der Waals surface area contributed by atoms with Gasteiger partial charge in [-0.1, -0.05) is 36.4 Å². The number of carbonyl (C=O) groups is 1. The molecule has 0 aliphatic carbocycles. The van der Waals surface area contributed by atoms with Crippen LogP contribution in [0.1, 0.15) is 23.6 Å². The van der Waals surface area contributed by atoms with E-state index in [2.05, 4.69) is 11.4 Å². The van der Waals surface area contributed by atoms with E-state index in [4.69, 9.17) is 0 Å². The summed E-state index contributed by atoms with van der Waals surface area (Å²) in [6, 6.07) is 14.9. The fourth-order valence-electron chi connectivity index (χ4n) is 3.04. The highest BCUT2D eigenvalue weighted by Crippen LogP contribution is 2.25. The van der Waals surface area contributed by atoms with Gasteiger partial charge in [0.05, 0.1) is 4.90 Å². The van der Waals surface area contributed by atoms with Crippen LogP contribution in [0.4, 0.5) is 0 Å². The molecule has 0 aromatic heterocycles. The highest BCUT2D eigenvalue weighted by atomic mass is 32.2. The van der Waals surface area contributed by atoms with Crippen molar-refractivity contribution in [2.45, 2.75) is 31.2 Å². The Morgan fingerprint density at radius 3 is 2.44 bits per heavy atom. The second-order valence-corrected chi connectivity index (χ2v) is 8.17. The maximum absolute atomic E-state index is 12.9. The summed E-state index contributed by atoms with van der Waals surface area (Å²) in [5.74, 6) is -0.0652. The molecule has 0 bridgehead atoms. The van der Waals surface area contributed by atoms with Crippen molar-refractivity contribution < 1.29 is 13.2 Å². The van der Waals surface area contributed by atoms with Gasteiger partial charge in [-0.3, -0.25) is 4.79 Å². The summed E-state index contributed by atoms with van der Waals surface area (Å²) in [6.45, 7) is 2.95. The van der Waals surface area contributed by atoms with Crippen molar-refractivity contribution in [1.29, 1.82) is 0 Å². The molecule has 0 unspecified atom stereocenters. The standard InChI is InChI=1S/C19H22N2O3S/c1-15(22)20-12-10-16-6-8-19(9-7-16)25(23,24)21-13-11-17-4-2-3-5-18(17)14-21/h2-9H,10-14H2,1H3,(H,20,22). The molecule has 1 aliphatic rings. The van der Waals surface area contributed by atoms with E-state index >= 15 is 0 Å². The van der Waals surface area contributed by atoms with Crippen LogP contribution >= 0.6 is 0 Å². The Labute approximate surface area is 148 Å². The van der Waals surface area contributed by atoms with Crippen molar-refractivity contribution in [2.75, 3.05) is 13.1 Å². The van der Waals surface area contributed by atoms with Gasteiger partial charge in [0, 0.05) is 26.6 Å². The van der Waals surface area contributed by atoms with E-state index in [1.54, 1.807) is 16.4 Å². The van der Waals surface area contributed by atoms with E-state index in [0.29, 0.717) is 31.0 Å². The van der Waals surface area contributed by atoms with Gasteiger partial charge in [0.1, 0.15) is 0 Å². The number of rotatable bonds is 5. The summed E-state index contributed by atoms with van der Waals surface area (Å²) in [6.07, 6.45) is 1.42. The van der Waals surface area contributed by atoms with E-state index in [9.17, 15) is 13.2 Å². The Balaban J connectivity index is 1.71. The summed E-state index contributed by atoms with van der Waals surface area (Å²) < 4.78 is 27.3. The van der Waals surface area contributed by atoms with Crippen LogP contribution in [-0.2, 0) is 34.2 Å². The molecule has 2 aromatic carbocycles. The van der Waals surface area contributed by atoms with Gasteiger partial charge in [0.15, 0.2) is 0 Å². The lowest BCUT2D eigenvalue weighted by Crippen LogP contribution is -2.35. The van der Waals surface area contributed by atoms with Crippen LogP contribution in [0.3, 0.4) is 0 Å². The van der Waals surface area contributed by atoms with Crippen LogP contribution in [-0.4, -0.2) is 31.7 Å². The van der Waals surface area contributed by atoms with Crippen LogP contribution < -0.4 is 5.32 Å². The zero-order valence-electron chi connectivity index (χ0n) is 14.2. The zero-order chi connectivity index (χ0) is 17.9. The molecule has 3 rings (SSSR count). The zero-order valence-corrected chi connectivity index (χ0v) is 15.1. The first kappa shape index (κ1) is 17.6. The van der Waals surface area contributed by atoms with Gasteiger partial charge in [-0.05, 0) is 41.7 Å². The average Bonchev–Trinajstić information content (AvgIpc) is 2.61. The number of nitrogens with zero attached hydrogens (tertiary/aromatic N) is 1. The van der Waals surface area contributed by atoms with Gasteiger partial charge in [-0.2, -0.15) is 4.31 Å². The van der Waals surface area contributed by atoms with E-state index in [0.717, 1.165) is 17.5 Å². The molecule has 1 aliphatic heterocycles. The molecule has 0 saturated carbocycles. The van der Waals surface area contributed by atoms with Gasteiger partial charge in [0.25, 0.3) is 0 Å². The van der Waals surface area contributed by atoms with Crippen LogP contribution in [0.2, 0.25) is 0 Å². The highest BCUT2D eigenvalue weighted by Gasteiger charge is 2.27. The van der Waals surface area contributed by atoms with Crippen molar-refractivity contribution in [1.82, 2.24) is 9.62 Å². The fraction of sp³-hybridized carbons (Fsp3) is 0.316. The largest absolute Gasteiger partial charge is 0.356 e. The van der Waals surface area contributed by atoms with Crippen LogP contribution in [0.25, 0.3) is 0 Å². The average molecular weight is 358 g/mol. The first-order valence-electron chi connectivity index (χ1n) is 8.37. The second kappa shape index (κ2) is 7.37. The molecule has 6 heteroatoms. The quantitative estimate of drug-likeness (QED) is 0.890. The summed E-state index contributed by atoms with van der Waals surface area (Å²) in [4.78, 5) is 11.2. The molecule has 5 nitrogen and oxygen atoms in total. The Morgan fingerprint density at radius 2 is 1.76 bits per heavy atom. The maximum atomic E-state index is 12.9. The Morgan fingerprint density at radius 1 is 1.08 bits per heavy atom. The molecule has 25 heavy (non-hydrogen) atoms. The van der Waals surface area contributed by atoms with Gasteiger partial charge < -0.3 is 5.32 Å². The fourth-order valence-corrected chi connectivity index (χ4v) is 4.45. The number of amides is 1. The monoisotopic (exact) mass is 358 g/mol. The predicted octanol–water partition coefficient (Wildman–Crippen LogP) is 2.11. The Hall–Kier alpha value is -2.18. The molecule has 1 heterocycles. The summed E-state index contributed by atoms with van der Waals surface area (Å²) >= 11 is 0.